The van der Waals surface area contributed by atoms with Crippen LogP contribution in [0.5, 0.6) is 0 Å². The molecule has 0 spiro atoms. The summed E-state index contributed by atoms with van der Waals surface area (Å²) in [6.45, 7) is 1.54. The third-order valence-corrected chi connectivity index (χ3v) is 2.56. The van der Waals surface area contributed by atoms with Gasteiger partial charge in [0.15, 0.2) is 0 Å². The first-order valence-corrected chi connectivity index (χ1v) is 5.32. The topological polar surface area (TPSA) is 52.9 Å². The lowest BCUT2D eigenvalue weighted by molar-refractivity contribution is -0.137. The summed E-state index contributed by atoms with van der Waals surface area (Å²) in [5.74, 6) is -0.608. The fourth-order valence-electron chi connectivity index (χ4n) is 1.38. The van der Waals surface area contributed by atoms with Crippen molar-refractivity contribution < 1.29 is 18.0 Å². The van der Waals surface area contributed by atoms with Gasteiger partial charge in [0.2, 0.25) is 5.78 Å². The molecular formula is C13H11F3N2O. The molecule has 0 bridgehead atoms. The molecule has 0 saturated heterocycles. The molecule has 0 atom stereocenters. The fraction of sp³-hybridized carbons (Fsp3) is 0.231. The molecule has 0 aliphatic rings. The third kappa shape index (κ3) is 3.35. The molecule has 3 nitrogen and oxygen atoms in total. The maximum atomic E-state index is 12.4. The van der Waals surface area contributed by atoms with Crippen LogP contribution in [0.15, 0.2) is 35.5 Å². The Bertz CT molecular complexity index is 551. The van der Waals surface area contributed by atoms with E-state index in [1.807, 2.05) is 0 Å². The minimum absolute atomic E-state index is 0.0409. The van der Waals surface area contributed by atoms with Crippen molar-refractivity contribution in [1.29, 1.82) is 5.26 Å². The van der Waals surface area contributed by atoms with Crippen LogP contribution >= 0.6 is 0 Å². The van der Waals surface area contributed by atoms with E-state index in [4.69, 9.17) is 5.26 Å². The van der Waals surface area contributed by atoms with Gasteiger partial charge in [-0.2, -0.15) is 18.4 Å². The third-order valence-electron chi connectivity index (χ3n) is 2.56. The van der Waals surface area contributed by atoms with Crippen LogP contribution in [0.3, 0.4) is 0 Å². The average molecular weight is 268 g/mol. The molecule has 6 heteroatoms. The largest absolute Gasteiger partial charge is 0.416 e. The number of hydrogen-bond donors (Lipinski definition) is 1. The Kier molecular flexibility index (Phi) is 4.33. The van der Waals surface area contributed by atoms with Crippen LogP contribution in [0.2, 0.25) is 0 Å². The number of benzene rings is 1. The van der Waals surface area contributed by atoms with E-state index in [-0.39, 0.29) is 11.1 Å². The summed E-state index contributed by atoms with van der Waals surface area (Å²) in [6.07, 6.45) is -4.45. The standard InChI is InChI=1S/C13H11F3N2O/c1-8(18-2)11(7-17)12(19)9-3-5-10(6-4-9)13(14,15)16/h3-6,18H,1-2H3/b11-8-. The first kappa shape index (κ1) is 14.8. The smallest absolute Gasteiger partial charge is 0.390 e. The zero-order valence-corrected chi connectivity index (χ0v) is 10.3. The number of allylic oxidation sites excluding steroid dienone is 2. The second-order valence-electron chi connectivity index (χ2n) is 3.77. The van der Waals surface area contributed by atoms with E-state index >= 15 is 0 Å². The van der Waals surface area contributed by atoms with Gasteiger partial charge in [-0.1, -0.05) is 12.1 Å². The number of hydrogen-bond acceptors (Lipinski definition) is 3. The second-order valence-corrected chi connectivity index (χ2v) is 3.77. The molecule has 0 fully saturated rings. The van der Waals surface area contributed by atoms with Crippen molar-refractivity contribution in [1.82, 2.24) is 5.32 Å². The highest BCUT2D eigenvalue weighted by atomic mass is 19.4. The molecule has 1 aromatic rings. The molecule has 0 radical (unpaired) electrons. The van der Waals surface area contributed by atoms with Gasteiger partial charge in [0.25, 0.3) is 0 Å². The summed E-state index contributed by atoms with van der Waals surface area (Å²) in [5.41, 5.74) is -0.550. The number of carbonyl (C=O) groups is 1. The van der Waals surface area contributed by atoms with E-state index < -0.39 is 17.5 Å². The molecule has 0 saturated carbocycles. The Morgan fingerprint density at radius 2 is 1.79 bits per heavy atom. The SMILES string of the molecule is CN/C(C)=C(/C#N)C(=O)c1ccc(C(F)(F)F)cc1. The summed E-state index contributed by atoms with van der Waals surface area (Å²) in [6, 6.07) is 5.50. The number of carbonyl (C=O) groups excluding carboxylic acids is 1. The van der Waals surface area contributed by atoms with Crippen LogP contribution in [-0.4, -0.2) is 12.8 Å². The molecule has 1 N–H and O–H groups in total. The van der Waals surface area contributed by atoms with Gasteiger partial charge in [-0.15, -0.1) is 0 Å². The maximum Gasteiger partial charge on any atom is 0.416 e. The molecule has 1 rings (SSSR count). The maximum absolute atomic E-state index is 12.4. The van der Waals surface area contributed by atoms with Crippen molar-refractivity contribution in [2.45, 2.75) is 13.1 Å². The predicted molar refractivity (Wildman–Crippen MR) is 63.1 cm³/mol. The van der Waals surface area contributed by atoms with E-state index in [0.29, 0.717) is 5.70 Å². The summed E-state index contributed by atoms with van der Waals surface area (Å²) < 4.78 is 37.1. The highest BCUT2D eigenvalue weighted by molar-refractivity contribution is 6.11. The number of rotatable bonds is 3. The molecule has 0 heterocycles. The Morgan fingerprint density at radius 3 is 2.16 bits per heavy atom. The van der Waals surface area contributed by atoms with Crippen molar-refractivity contribution in [2.24, 2.45) is 0 Å². The lowest BCUT2D eigenvalue weighted by Crippen LogP contribution is -2.12. The van der Waals surface area contributed by atoms with Gasteiger partial charge in [0, 0.05) is 18.3 Å². The summed E-state index contributed by atoms with van der Waals surface area (Å²) in [7, 11) is 1.55. The predicted octanol–water partition coefficient (Wildman–Crippen LogP) is 2.91. The first-order valence-electron chi connectivity index (χ1n) is 5.32. The quantitative estimate of drug-likeness (QED) is 0.521. The number of nitrogens with one attached hydrogen (secondary N) is 1. The molecule has 1 aromatic carbocycles. The van der Waals surface area contributed by atoms with E-state index in [1.54, 1.807) is 20.0 Å². The van der Waals surface area contributed by atoms with Gasteiger partial charge in [-0.3, -0.25) is 4.79 Å². The second kappa shape index (κ2) is 5.57. The van der Waals surface area contributed by atoms with E-state index in [1.165, 1.54) is 0 Å². The zero-order chi connectivity index (χ0) is 14.6. The average Bonchev–Trinajstić information content (AvgIpc) is 2.38. The van der Waals surface area contributed by atoms with Gasteiger partial charge in [-0.05, 0) is 19.1 Å². The van der Waals surface area contributed by atoms with Crippen LogP contribution in [0, 0.1) is 11.3 Å². The van der Waals surface area contributed by atoms with E-state index in [0.717, 1.165) is 24.3 Å². The van der Waals surface area contributed by atoms with Gasteiger partial charge < -0.3 is 5.32 Å². The number of halogens is 3. The van der Waals surface area contributed by atoms with Crippen molar-refractivity contribution in [3.63, 3.8) is 0 Å². The number of ketones is 1. The minimum atomic E-state index is -4.45. The molecule has 100 valence electrons. The summed E-state index contributed by atoms with van der Waals surface area (Å²) in [5, 5.41) is 11.6. The molecule has 0 unspecified atom stereocenters. The molecule has 0 amide bonds. The summed E-state index contributed by atoms with van der Waals surface area (Å²) in [4.78, 5) is 11.9. The minimum Gasteiger partial charge on any atom is -0.390 e. The van der Waals surface area contributed by atoms with Gasteiger partial charge in [-0.25, -0.2) is 0 Å². The van der Waals surface area contributed by atoms with Crippen LogP contribution in [0.4, 0.5) is 13.2 Å². The normalized spacial score (nSPS) is 12.4. The molecule has 0 aliphatic carbocycles. The lowest BCUT2D eigenvalue weighted by atomic mass is 10.0. The molecule has 0 aliphatic heterocycles. The van der Waals surface area contributed by atoms with Gasteiger partial charge >= 0.3 is 6.18 Å². The van der Waals surface area contributed by atoms with Gasteiger partial charge in [0.1, 0.15) is 11.6 Å². The van der Waals surface area contributed by atoms with Crippen LogP contribution in [0.1, 0.15) is 22.8 Å². The Labute approximate surface area is 108 Å². The van der Waals surface area contributed by atoms with E-state index in [9.17, 15) is 18.0 Å². The van der Waals surface area contributed by atoms with Crippen LogP contribution < -0.4 is 5.32 Å². The Morgan fingerprint density at radius 1 is 1.26 bits per heavy atom. The molecule has 0 aromatic heterocycles. The monoisotopic (exact) mass is 268 g/mol. The Balaban J connectivity index is 3.13. The van der Waals surface area contributed by atoms with Crippen molar-refractivity contribution >= 4 is 5.78 Å². The van der Waals surface area contributed by atoms with Crippen molar-refractivity contribution in [2.75, 3.05) is 7.05 Å². The fourth-order valence-corrected chi connectivity index (χ4v) is 1.38. The number of nitriles is 1. The van der Waals surface area contributed by atoms with E-state index in [2.05, 4.69) is 5.32 Å². The van der Waals surface area contributed by atoms with Crippen molar-refractivity contribution in [3.8, 4) is 6.07 Å². The number of Topliss-reactive ketones (excluding diaryl/α,β-unsaturated/α-hetero) is 1. The highest BCUT2D eigenvalue weighted by Gasteiger charge is 2.30. The summed E-state index contributed by atoms with van der Waals surface area (Å²) >= 11 is 0. The highest BCUT2D eigenvalue weighted by Crippen LogP contribution is 2.29. The molecular weight excluding hydrogens is 257 g/mol. The lowest BCUT2D eigenvalue weighted by Gasteiger charge is -2.08. The number of nitrogens with zero attached hydrogens (tertiary/aromatic N) is 1. The Hall–Kier alpha value is -2.29. The van der Waals surface area contributed by atoms with Crippen molar-refractivity contribution in [3.05, 3.63) is 46.7 Å². The molecule has 19 heavy (non-hydrogen) atoms. The van der Waals surface area contributed by atoms with Crippen LogP contribution in [0.25, 0.3) is 0 Å². The van der Waals surface area contributed by atoms with Crippen LogP contribution in [-0.2, 0) is 6.18 Å². The van der Waals surface area contributed by atoms with Gasteiger partial charge in [0.05, 0.1) is 5.56 Å². The first-order chi connectivity index (χ1) is 8.81. The number of alkyl halides is 3. The zero-order valence-electron chi connectivity index (χ0n) is 10.3.